The molecule has 10 nitrogen and oxygen atoms in total. The molecule has 1 aliphatic rings. The van der Waals surface area contributed by atoms with Gasteiger partial charge in [-0.15, -0.1) is 0 Å². The number of nitrogens with zero attached hydrogens (tertiary/aromatic N) is 5. The van der Waals surface area contributed by atoms with Crippen molar-refractivity contribution in [3.8, 4) is 0 Å². The van der Waals surface area contributed by atoms with Gasteiger partial charge in [-0.25, -0.2) is 18.7 Å². The molecule has 0 saturated carbocycles. The van der Waals surface area contributed by atoms with Gasteiger partial charge in [-0.3, -0.25) is 24.6 Å². The molecule has 1 atom stereocenters. The predicted molar refractivity (Wildman–Crippen MR) is 216 cm³/mol. The number of carbonyl (C=O) groups excluding carboxylic acids is 2. The van der Waals surface area contributed by atoms with Gasteiger partial charge in [-0.2, -0.15) is 5.10 Å². The van der Waals surface area contributed by atoms with E-state index in [4.69, 9.17) is 23.2 Å². The first kappa shape index (κ1) is 39.9. The quantitative estimate of drug-likeness (QED) is 0.0887. The molecule has 0 saturated heterocycles. The van der Waals surface area contributed by atoms with Crippen molar-refractivity contribution < 1.29 is 18.4 Å². The Labute approximate surface area is 331 Å². The average Bonchev–Trinajstić information content (AvgIpc) is 4.03. The van der Waals surface area contributed by atoms with Crippen molar-refractivity contribution in [2.45, 2.75) is 45.3 Å². The molecule has 1 aliphatic heterocycles. The molecule has 1 unspecified atom stereocenters. The SMILES string of the molecule is CCn1nc(CCc2ccc(F)cc2)cc1C(=O)c1c[nH]c2ncc(Cl)cc12.CNC1N=C(CCc2ccc(F)cc2)C=C1C=O.Clc1cnc2[nH]ccc2c1. The van der Waals surface area contributed by atoms with Crippen molar-refractivity contribution in [2.75, 3.05) is 7.05 Å². The number of nitrogens with one attached hydrogen (secondary N) is 3. The van der Waals surface area contributed by atoms with Crippen LogP contribution in [0.15, 0.2) is 114 Å². The number of hydrogen-bond donors (Lipinski definition) is 3. The van der Waals surface area contributed by atoms with Crippen molar-refractivity contribution in [1.29, 1.82) is 0 Å². The van der Waals surface area contributed by atoms with Crippen LogP contribution in [0.25, 0.3) is 22.1 Å². The molecular formula is C42H38Cl2F2N8O2. The molecule has 0 spiro atoms. The Morgan fingerprint density at radius 1 is 0.857 bits per heavy atom. The number of aldehydes is 1. The number of fused-ring (bicyclic) bond motifs is 2. The minimum Gasteiger partial charge on any atom is -0.346 e. The summed E-state index contributed by atoms with van der Waals surface area (Å²) >= 11 is 11.7. The molecule has 14 heteroatoms. The van der Waals surface area contributed by atoms with Crippen molar-refractivity contribution in [3.05, 3.63) is 159 Å². The molecule has 0 radical (unpaired) electrons. The van der Waals surface area contributed by atoms with Crippen LogP contribution in [-0.4, -0.2) is 60.7 Å². The number of ketones is 1. The number of H-pyrrole nitrogens is 2. The summed E-state index contributed by atoms with van der Waals surface area (Å²) in [6, 6.07) is 20.2. The summed E-state index contributed by atoms with van der Waals surface area (Å²) in [7, 11) is 1.77. The lowest BCUT2D eigenvalue weighted by atomic mass is 10.1. The number of carbonyl (C=O) groups is 2. The number of likely N-dealkylation sites (N-methyl/N-ethyl adjacent to an activating group) is 1. The second kappa shape index (κ2) is 18.7. The molecule has 56 heavy (non-hydrogen) atoms. The molecule has 6 heterocycles. The predicted octanol–water partition coefficient (Wildman–Crippen LogP) is 8.69. The fraction of sp³-hybridized carbons (Fsp3) is 0.190. The van der Waals surface area contributed by atoms with Crippen molar-refractivity contribution >= 4 is 63.0 Å². The lowest BCUT2D eigenvalue weighted by Gasteiger charge is -2.04. The number of aromatic amines is 2. The van der Waals surface area contributed by atoms with Crippen LogP contribution in [0, 0.1) is 11.6 Å². The Hall–Kier alpha value is -5.82. The van der Waals surface area contributed by atoms with Gasteiger partial charge < -0.3 is 9.97 Å². The van der Waals surface area contributed by atoms with Gasteiger partial charge in [-0.1, -0.05) is 47.5 Å². The summed E-state index contributed by atoms with van der Waals surface area (Å²) in [5.41, 5.74) is 7.02. The highest BCUT2D eigenvalue weighted by Crippen LogP contribution is 2.24. The molecule has 3 N–H and O–H groups in total. The highest BCUT2D eigenvalue weighted by atomic mass is 35.5. The summed E-state index contributed by atoms with van der Waals surface area (Å²) in [4.78, 5) is 42.6. The third-order valence-corrected chi connectivity index (χ3v) is 9.40. The first-order valence-corrected chi connectivity index (χ1v) is 18.6. The van der Waals surface area contributed by atoms with E-state index in [1.54, 1.807) is 60.7 Å². The summed E-state index contributed by atoms with van der Waals surface area (Å²) in [6.07, 6.45) is 12.0. The van der Waals surface area contributed by atoms with E-state index >= 15 is 0 Å². The van der Waals surface area contributed by atoms with E-state index in [0.717, 1.165) is 59.1 Å². The van der Waals surface area contributed by atoms with E-state index in [1.807, 2.05) is 37.4 Å². The van der Waals surface area contributed by atoms with Crippen LogP contribution in [0.4, 0.5) is 8.78 Å². The number of allylic oxidation sites excluding steroid dienone is 1. The maximum atomic E-state index is 13.1. The zero-order valence-electron chi connectivity index (χ0n) is 30.6. The molecule has 0 bridgehead atoms. The number of aromatic nitrogens is 6. The van der Waals surface area contributed by atoms with Gasteiger partial charge in [0.05, 0.1) is 21.3 Å². The monoisotopic (exact) mass is 794 g/mol. The Balaban J connectivity index is 0.000000161. The van der Waals surface area contributed by atoms with Crippen LogP contribution in [0.5, 0.6) is 0 Å². The first-order valence-electron chi connectivity index (χ1n) is 17.9. The van der Waals surface area contributed by atoms with Gasteiger partial charge in [0.15, 0.2) is 0 Å². The first-order chi connectivity index (χ1) is 27.1. The van der Waals surface area contributed by atoms with Crippen LogP contribution in [0.2, 0.25) is 10.0 Å². The van der Waals surface area contributed by atoms with E-state index in [1.165, 1.54) is 24.3 Å². The number of rotatable bonds is 11. The van der Waals surface area contributed by atoms with Gasteiger partial charge >= 0.3 is 0 Å². The third kappa shape index (κ3) is 10.1. The highest BCUT2D eigenvalue weighted by Gasteiger charge is 2.21. The smallest absolute Gasteiger partial charge is 0.213 e. The molecule has 8 rings (SSSR count). The van der Waals surface area contributed by atoms with E-state index < -0.39 is 0 Å². The van der Waals surface area contributed by atoms with Gasteiger partial charge in [0.2, 0.25) is 5.78 Å². The fourth-order valence-electron chi connectivity index (χ4n) is 6.10. The number of aliphatic imine (C=N–C) groups is 1. The number of pyridine rings is 2. The minimum absolute atomic E-state index is 0.127. The Morgan fingerprint density at radius 2 is 1.50 bits per heavy atom. The van der Waals surface area contributed by atoms with Crippen molar-refractivity contribution in [3.63, 3.8) is 0 Å². The number of halogens is 4. The third-order valence-electron chi connectivity index (χ3n) is 8.99. The maximum Gasteiger partial charge on any atom is 0.213 e. The molecule has 0 fully saturated rings. The van der Waals surface area contributed by atoms with Crippen molar-refractivity contribution in [1.82, 2.24) is 35.0 Å². The van der Waals surface area contributed by atoms with Crippen LogP contribution >= 0.6 is 23.2 Å². The zero-order chi connectivity index (χ0) is 39.6. The minimum atomic E-state index is -0.250. The molecule has 286 valence electrons. The lowest BCUT2D eigenvalue weighted by Crippen LogP contribution is -2.23. The summed E-state index contributed by atoms with van der Waals surface area (Å²) in [5.74, 6) is -0.603. The molecule has 0 aliphatic carbocycles. The Kier molecular flexibility index (Phi) is 13.3. The highest BCUT2D eigenvalue weighted by molar-refractivity contribution is 6.31. The Bertz CT molecular complexity index is 2510. The van der Waals surface area contributed by atoms with E-state index in [0.29, 0.717) is 50.9 Å². The molecule has 0 amide bonds. The van der Waals surface area contributed by atoms with E-state index in [-0.39, 0.29) is 23.6 Å². The summed E-state index contributed by atoms with van der Waals surface area (Å²) < 4.78 is 27.5. The van der Waals surface area contributed by atoms with Crippen LogP contribution in [0.3, 0.4) is 0 Å². The number of benzene rings is 2. The largest absolute Gasteiger partial charge is 0.346 e. The van der Waals surface area contributed by atoms with Gasteiger partial charge in [0, 0.05) is 53.4 Å². The van der Waals surface area contributed by atoms with Gasteiger partial charge in [0.25, 0.3) is 0 Å². The molecule has 5 aromatic heterocycles. The number of aryl methyl sites for hydroxylation is 4. The topological polar surface area (TPSA) is 134 Å². The average molecular weight is 796 g/mol. The van der Waals surface area contributed by atoms with Crippen molar-refractivity contribution in [2.24, 2.45) is 4.99 Å². The molecule has 7 aromatic rings. The Morgan fingerprint density at radius 3 is 2.12 bits per heavy atom. The van der Waals surface area contributed by atoms with E-state index in [9.17, 15) is 18.4 Å². The van der Waals surface area contributed by atoms with Crippen LogP contribution in [0.1, 0.15) is 46.2 Å². The lowest BCUT2D eigenvalue weighted by molar-refractivity contribution is -0.105. The van der Waals surface area contributed by atoms with Gasteiger partial charge in [-0.05, 0) is 105 Å². The van der Waals surface area contributed by atoms with Crippen LogP contribution < -0.4 is 5.32 Å². The molecular weight excluding hydrogens is 757 g/mol. The summed E-state index contributed by atoms with van der Waals surface area (Å²) in [6.45, 7) is 2.53. The summed E-state index contributed by atoms with van der Waals surface area (Å²) in [5, 5.41) is 10.4. The maximum absolute atomic E-state index is 13.1. The van der Waals surface area contributed by atoms with Crippen LogP contribution in [-0.2, 0) is 30.6 Å². The zero-order valence-corrected chi connectivity index (χ0v) is 32.1. The van der Waals surface area contributed by atoms with Gasteiger partial charge in [0.1, 0.15) is 41.1 Å². The fourth-order valence-corrected chi connectivity index (χ4v) is 6.42. The second-order valence-corrected chi connectivity index (χ2v) is 13.7. The molecule has 2 aromatic carbocycles. The van der Waals surface area contributed by atoms with E-state index in [2.05, 4.69) is 35.3 Å². The second-order valence-electron chi connectivity index (χ2n) is 12.8. The normalized spacial score (nSPS) is 13.4. The number of hydrogen-bond acceptors (Lipinski definition) is 7. The standard InChI is InChI=1S/C21H18ClFN4O.C14H15FN2O.C7H5ClN2/c1-2-27-19(10-16(26-27)8-5-13-3-6-15(23)7-4-13)20(28)18-12-25-21-17(18)9-14(22)11-24-21;1-16-14-11(9-18)8-13(17-14)7-4-10-2-5-12(15)6-3-10;8-6-3-5-1-2-9-7(5)10-4-6/h3-4,6-7,9-12H,2,5,8H2,1H3,(H,24,25);2-3,5-6,8-9,14,16H,4,7H2,1H3;1-4H,(H,9,10).